The zero-order valence-electron chi connectivity index (χ0n) is 8.98. The molecule has 0 aliphatic carbocycles. The molecule has 1 heteroatoms. The van der Waals surface area contributed by atoms with E-state index in [9.17, 15) is 0 Å². The minimum Gasteiger partial charge on any atom is -0.264 e. The summed E-state index contributed by atoms with van der Waals surface area (Å²) in [5.41, 5.74) is 1.31. The van der Waals surface area contributed by atoms with E-state index in [0.29, 0.717) is 5.92 Å². The Morgan fingerprint density at radius 1 is 1.33 bits per heavy atom. The van der Waals surface area contributed by atoms with Crippen LogP contribution in [0.3, 0.4) is 0 Å². The summed E-state index contributed by atoms with van der Waals surface area (Å²) < 4.78 is 0. The minimum atomic E-state index is 0.498. The molecule has 1 atom stereocenters. The zero-order valence-corrected chi connectivity index (χ0v) is 8.98. The Balaban J connectivity index is 2.46. The number of aromatic nitrogens is 1. The minimum absolute atomic E-state index is 0.498. The Morgan fingerprint density at radius 2 is 2.13 bits per heavy atom. The van der Waals surface area contributed by atoms with E-state index in [1.54, 1.807) is 0 Å². The van der Waals surface area contributed by atoms with Crippen LogP contribution < -0.4 is 0 Å². The number of pyridine rings is 1. The fourth-order valence-corrected chi connectivity index (χ4v) is 1.77. The monoisotopic (exact) mass is 197 g/mol. The molecule has 0 amide bonds. The van der Waals surface area contributed by atoms with E-state index in [0.717, 1.165) is 6.42 Å². The first-order valence-corrected chi connectivity index (χ1v) is 5.25. The Bertz CT molecular complexity index is 468. The molecule has 0 radical (unpaired) electrons. The van der Waals surface area contributed by atoms with Crippen molar-refractivity contribution in [3.8, 4) is 0 Å². The van der Waals surface area contributed by atoms with Gasteiger partial charge in [0.05, 0.1) is 0 Å². The van der Waals surface area contributed by atoms with Crippen LogP contribution in [0, 0.1) is 5.92 Å². The lowest BCUT2D eigenvalue weighted by molar-refractivity contribution is 0.727. The van der Waals surface area contributed by atoms with Crippen LogP contribution in [0.5, 0.6) is 0 Å². The van der Waals surface area contributed by atoms with E-state index in [2.05, 4.69) is 36.7 Å². The van der Waals surface area contributed by atoms with Crippen LogP contribution in [0.1, 0.15) is 12.5 Å². The van der Waals surface area contributed by atoms with Crippen molar-refractivity contribution in [2.45, 2.75) is 13.3 Å². The number of nitrogens with zero attached hydrogens (tertiary/aromatic N) is 1. The van der Waals surface area contributed by atoms with E-state index < -0.39 is 0 Å². The molecule has 0 fully saturated rings. The van der Waals surface area contributed by atoms with Crippen molar-refractivity contribution in [1.82, 2.24) is 4.98 Å². The third-order valence-corrected chi connectivity index (χ3v) is 2.69. The fourth-order valence-electron chi connectivity index (χ4n) is 1.77. The molecule has 1 aromatic heterocycles. The van der Waals surface area contributed by atoms with Gasteiger partial charge in [-0.2, -0.15) is 0 Å². The largest absolute Gasteiger partial charge is 0.264 e. The van der Waals surface area contributed by atoms with Crippen molar-refractivity contribution in [2.75, 3.05) is 0 Å². The first-order chi connectivity index (χ1) is 7.31. The third-order valence-electron chi connectivity index (χ3n) is 2.69. The van der Waals surface area contributed by atoms with E-state index >= 15 is 0 Å². The lowest BCUT2D eigenvalue weighted by Gasteiger charge is -2.08. The molecule has 1 heterocycles. The Labute approximate surface area is 90.5 Å². The van der Waals surface area contributed by atoms with E-state index in [4.69, 9.17) is 0 Å². The van der Waals surface area contributed by atoms with Crippen molar-refractivity contribution < 1.29 is 0 Å². The van der Waals surface area contributed by atoms with Crippen LogP contribution in [0.15, 0.2) is 49.3 Å². The summed E-state index contributed by atoms with van der Waals surface area (Å²) in [5.74, 6) is 0.498. The summed E-state index contributed by atoms with van der Waals surface area (Å²) in [7, 11) is 0. The van der Waals surface area contributed by atoms with E-state index in [1.165, 1.54) is 16.3 Å². The van der Waals surface area contributed by atoms with Crippen molar-refractivity contribution in [3.63, 3.8) is 0 Å². The predicted octanol–water partition coefficient (Wildman–Crippen LogP) is 3.60. The normalized spacial score (nSPS) is 12.6. The number of hydrogen-bond acceptors (Lipinski definition) is 1. The lowest BCUT2D eigenvalue weighted by Crippen LogP contribution is -1.97. The Morgan fingerprint density at radius 3 is 2.93 bits per heavy atom. The molecule has 76 valence electrons. The smallest absolute Gasteiger partial charge is 0.0346 e. The second-order valence-corrected chi connectivity index (χ2v) is 3.94. The Hall–Kier alpha value is -1.63. The molecule has 1 unspecified atom stereocenters. The standard InChI is InChI=1S/C14H15N/c1-3-11(2)8-13-10-15-9-12-6-4-5-7-14(12)13/h3-7,9-11H,1,8H2,2H3. The van der Waals surface area contributed by atoms with Gasteiger partial charge in [0.2, 0.25) is 0 Å². The average Bonchev–Trinajstić information content (AvgIpc) is 2.29. The van der Waals surface area contributed by atoms with Crippen LogP contribution in [0.2, 0.25) is 0 Å². The summed E-state index contributed by atoms with van der Waals surface area (Å²) >= 11 is 0. The maximum absolute atomic E-state index is 4.27. The number of fused-ring (bicyclic) bond motifs is 1. The van der Waals surface area contributed by atoms with Crippen LogP contribution in [-0.2, 0) is 6.42 Å². The van der Waals surface area contributed by atoms with Gasteiger partial charge >= 0.3 is 0 Å². The summed E-state index contributed by atoms with van der Waals surface area (Å²) in [4.78, 5) is 4.27. The molecule has 0 saturated carbocycles. The molecule has 0 saturated heterocycles. The fraction of sp³-hybridized carbons (Fsp3) is 0.214. The highest BCUT2D eigenvalue weighted by Crippen LogP contribution is 2.19. The molecule has 0 spiro atoms. The topological polar surface area (TPSA) is 12.9 Å². The Kier molecular flexibility index (Phi) is 2.82. The molecule has 0 N–H and O–H groups in total. The van der Waals surface area contributed by atoms with Gasteiger partial charge in [-0.1, -0.05) is 37.3 Å². The first kappa shape index (κ1) is 9.91. The maximum Gasteiger partial charge on any atom is 0.0346 e. The first-order valence-electron chi connectivity index (χ1n) is 5.25. The SMILES string of the molecule is C=CC(C)Cc1cncc2ccccc12. The molecular formula is C14H15N. The molecule has 0 aliphatic heterocycles. The lowest BCUT2D eigenvalue weighted by atomic mass is 9.98. The van der Waals surface area contributed by atoms with Gasteiger partial charge in [-0.05, 0) is 23.3 Å². The average molecular weight is 197 g/mol. The van der Waals surface area contributed by atoms with Crippen LogP contribution in [0.25, 0.3) is 10.8 Å². The van der Waals surface area contributed by atoms with E-state index in [1.807, 2.05) is 24.5 Å². The van der Waals surface area contributed by atoms with Gasteiger partial charge in [-0.15, -0.1) is 6.58 Å². The summed E-state index contributed by atoms with van der Waals surface area (Å²) in [6.45, 7) is 5.99. The number of rotatable bonds is 3. The van der Waals surface area contributed by atoms with Gasteiger partial charge in [0.15, 0.2) is 0 Å². The zero-order chi connectivity index (χ0) is 10.7. The molecule has 0 bridgehead atoms. The van der Waals surface area contributed by atoms with Crippen molar-refractivity contribution in [3.05, 3.63) is 54.9 Å². The third kappa shape index (κ3) is 2.07. The van der Waals surface area contributed by atoms with Gasteiger partial charge in [-0.25, -0.2) is 0 Å². The molecule has 0 aliphatic rings. The highest BCUT2D eigenvalue weighted by atomic mass is 14.6. The molecule has 15 heavy (non-hydrogen) atoms. The van der Waals surface area contributed by atoms with Gasteiger partial charge in [0, 0.05) is 17.8 Å². The van der Waals surface area contributed by atoms with Crippen molar-refractivity contribution in [2.24, 2.45) is 5.92 Å². The molecule has 2 aromatic rings. The maximum atomic E-state index is 4.27. The summed E-state index contributed by atoms with van der Waals surface area (Å²) in [6, 6.07) is 8.38. The second-order valence-electron chi connectivity index (χ2n) is 3.94. The molecule has 2 rings (SSSR count). The highest BCUT2D eigenvalue weighted by molar-refractivity contribution is 5.84. The summed E-state index contributed by atoms with van der Waals surface area (Å²) in [5, 5.41) is 2.52. The van der Waals surface area contributed by atoms with Gasteiger partial charge in [0.25, 0.3) is 0 Å². The second kappa shape index (κ2) is 4.26. The van der Waals surface area contributed by atoms with Gasteiger partial charge in [-0.3, -0.25) is 4.98 Å². The molecule has 1 nitrogen and oxygen atoms in total. The van der Waals surface area contributed by atoms with Crippen LogP contribution in [-0.4, -0.2) is 4.98 Å². The number of allylic oxidation sites excluding steroid dienone is 1. The van der Waals surface area contributed by atoms with Crippen molar-refractivity contribution >= 4 is 10.8 Å². The number of hydrogen-bond donors (Lipinski definition) is 0. The van der Waals surface area contributed by atoms with Crippen LogP contribution in [0.4, 0.5) is 0 Å². The molecular weight excluding hydrogens is 182 g/mol. The van der Waals surface area contributed by atoms with E-state index in [-0.39, 0.29) is 0 Å². The highest BCUT2D eigenvalue weighted by Gasteiger charge is 2.03. The quantitative estimate of drug-likeness (QED) is 0.685. The van der Waals surface area contributed by atoms with Crippen molar-refractivity contribution in [1.29, 1.82) is 0 Å². The molecule has 1 aromatic carbocycles. The van der Waals surface area contributed by atoms with Gasteiger partial charge < -0.3 is 0 Å². The van der Waals surface area contributed by atoms with Gasteiger partial charge in [0.1, 0.15) is 0 Å². The number of benzene rings is 1. The predicted molar refractivity (Wildman–Crippen MR) is 64.8 cm³/mol. The summed E-state index contributed by atoms with van der Waals surface area (Å²) in [6.07, 6.45) is 6.87. The van der Waals surface area contributed by atoms with Crippen LogP contribution >= 0.6 is 0 Å².